The van der Waals surface area contributed by atoms with E-state index in [0.29, 0.717) is 22.3 Å². The average molecular weight is 567 g/mol. The number of ketones is 2. The number of allylic oxidation sites excluding steroid dienone is 2. The molecular weight excluding hydrogens is 543 g/mol. The number of rotatable bonds is 6. The summed E-state index contributed by atoms with van der Waals surface area (Å²) in [6, 6.07) is 35.7. The van der Waals surface area contributed by atoms with Crippen LogP contribution in [0.15, 0.2) is 133 Å². The third kappa shape index (κ3) is 11.0. The van der Waals surface area contributed by atoms with Crippen molar-refractivity contribution in [3.05, 3.63) is 156 Å². The van der Waals surface area contributed by atoms with Gasteiger partial charge in [-0.1, -0.05) is 121 Å². The van der Waals surface area contributed by atoms with Gasteiger partial charge in [-0.3, -0.25) is 9.59 Å². The van der Waals surface area contributed by atoms with Crippen molar-refractivity contribution in [2.24, 2.45) is 0 Å². The van der Waals surface area contributed by atoms with Crippen LogP contribution in [-0.2, 0) is 17.0 Å². The van der Waals surface area contributed by atoms with Crippen LogP contribution < -0.4 is 0 Å². The molecule has 0 aromatic heterocycles. The number of hydrogen-bond donors (Lipinski definition) is 2. The van der Waals surface area contributed by atoms with Crippen LogP contribution in [0.4, 0.5) is 0 Å². The zero-order valence-electron chi connectivity index (χ0n) is 19.7. The summed E-state index contributed by atoms with van der Waals surface area (Å²) in [5.41, 5.74) is 2.40. The summed E-state index contributed by atoms with van der Waals surface area (Å²) in [6.45, 7) is 0. The van der Waals surface area contributed by atoms with Crippen molar-refractivity contribution >= 4 is 41.7 Å². The van der Waals surface area contributed by atoms with Gasteiger partial charge in [0.2, 0.25) is 0 Å². The van der Waals surface area contributed by atoms with Gasteiger partial charge in [0.25, 0.3) is 0 Å². The third-order valence-electron chi connectivity index (χ3n) is 4.79. The molecule has 186 valence electrons. The van der Waals surface area contributed by atoms with Crippen molar-refractivity contribution < 1.29 is 36.8 Å². The quantitative estimate of drug-likeness (QED) is 0.106. The summed E-state index contributed by atoms with van der Waals surface area (Å²) >= 11 is -0.556. The van der Waals surface area contributed by atoms with Crippen LogP contribution in [0, 0.1) is 0 Å². The van der Waals surface area contributed by atoms with Crippen LogP contribution >= 0.6 is 18.6 Å². The van der Waals surface area contributed by atoms with Crippen molar-refractivity contribution in [3.63, 3.8) is 0 Å². The molecule has 4 nitrogen and oxygen atoms in total. The first-order chi connectivity index (χ1) is 18.0. The van der Waals surface area contributed by atoms with Gasteiger partial charge in [-0.05, 0) is 0 Å². The Hall–Kier alpha value is -3.41. The van der Waals surface area contributed by atoms with Crippen LogP contribution in [0.1, 0.15) is 31.8 Å². The van der Waals surface area contributed by atoms with Gasteiger partial charge < -0.3 is 10.2 Å². The maximum atomic E-state index is 11.8. The number of carbonyl (C=O) groups excluding carboxylic acids is 2. The van der Waals surface area contributed by atoms with Gasteiger partial charge in [0, 0.05) is 34.4 Å². The average Bonchev–Trinajstić information content (AvgIpc) is 2.95. The van der Waals surface area contributed by atoms with Gasteiger partial charge in [-0.2, -0.15) is 0 Å². The van der Waals surface area contributed by atoms with E-state index >= 15 is 0 Å². The molecule has 0 unspecified atom stereocenters. The van der Waals surface area contributed by atoms with E-state index in [4.69, 9.17) is 18.6 Å². The summed E-state index contributed by atoms with van der Waals surface area (Å²) in [4.78, 5) is 23.6. The van der Waals surface area contributed by atoms with E-state index < -0.39 is 17.0 Å². The summed E-state index contributed by atoms with van der Waals surface area (Å²) < 4.78 is 0. The Labute approximate surface area is 233 Å². The predicted octanol–water partition coefficient (Wildman–Crippen LogP) is 8.31. The topological polar surface area (TPSA) is 74.6 Å². The van der Waals surface area contributed by atoms with E-state index in [1.165, 1.54) is 12.2 Å². The second-order valence-electron chi connectivity index (χ2n) is 7.32. The van der Waals surface area contributed by atoms with E-state index in [2.05, 4.69) is 0 Å². The number of halogens is 2. The zero-order valence-corrected chi connectivity index (χ0v) is 22.7. The summed E-state index contributed by atoms with van der Waals surface area (Å²) in [5, 5.41) is 19.6. The molecule has 2 N–H and O–H groups in total. The van der Waals surface area contributed by atoms with E-state index in [1.54, 1.807) is 72.8 Å². The van der Waals surface area contributed by atoms with Gasteiger partial charge in [0.15, 0.2) is 11.6 Å². The van der Waals surface area contributed by atoms with Gasteiger partial charge in [0.1, 0.15) is 11.5 Å². The van der Waals surface area contributed by atoms with Crippen LogP contribution in [0.2, 0.25) is 0 Å². The molecule has 37 heavy (non-hydrogen) atoms. The standard InChI is InChI=1S/2C15H12O2.2ClH.Ti/c2*16-14(12-7-3-1-4-8-12)11-15(17)13-9-5-2-6-10-13;;;/h2*1-11,16H;2*1H;/q;;;;+2/p-2/b2*14-11-;;;. The molecule has 0 radical (unpaired) electrons. The number of aliphatic hydroxyl groups excluding tert-OH is 2. The van der Waals surface area contributed by atoms with Gasteiger partial charge >= 0.3 is 35.6 Å². The van der Waals surface area contributed by atoms with Crippen LogP contribution in [0.25, 0.3) is 11.5 Å². The molecule has 0 aliphatic rings. The van der Waals surface area contributed by atoms with Gasteiger partial charge in [-0.25, -0.2) is 0 Å². The van der Waals surface area contributed by atoms with Gasteiger partial charge in [0.05, 0.1) is 0 Å². The second-order valence-corrected chi connectivity index (χ2v) is 9.90. The molecule has 0 heterocycles. The first kappa shape index (κ1) is 29.8. The molecule has 0 amide bonds. The maximum absolute atomic E-state index is 11.8. The number of aliphatic hydroxyl groups is 2. The van der Waals surface area contributed by atoms with Crippen molar-refractivity contribution in [3.8, 4) is 0 Å². The normalized spacial score (nSPS) is 10.6. The monoisotopic (exact) mass is 566 g/mol. The van der Waals surface area contributed by atoms with Crippen LogP contribution in [-0.4, -0.2) is 21.8 Å². The number of benzene rings is 4. The Balaban J connectivity index is 0.000000235. The minimum absolute atomic E-state index is 0.0144. The van der Waals surface area contributed by atoms with E-state index in [1.807, 2.05) is 48.5 Å². The molecule has 0 saturated heterocycles. The summed E-state index contributed by atoms with van der Waals surface area (Å²) in [7, 11) is 9.78. The second kappa shape index (κ2) is 17.1. The first-order valence-electron chi connectivity index (χ1n) is 11.0. The molecule has 0 fully saturated rings. The number of carbonyl (C=O) groups is 2. The van der Waals surface area contributed by atoms with Gasteiger partial charge in [-0.15, -0.1) is 0 Å². The molecule has 0 atom stereocenters. The molecule has 0 aliphatic heterocycles. The van der Waals surface area contributed by atoms with E-state index in [-0.39, 0.29) is 23.1 Å². The fraction of sp³-hybridized carbons (Fsp3) is 0. The Morgan fingerprint density at radius 2 is 0.703 bits per heavy atom. The molecule has 4 aromatic carbocycles. The molecule has 4 aromatic rings. The first-order valence-corrected chi connectivity index (χ1v) is 15.3. The van der Waals surface area contributed by atoms with E-state index in [9.17, 15) is 19.8 Å². The Bertz CT molecular complexity index is 1190. The van der Waals surface area contributed by atoms with Crippen molar-refractivity contribution in [1.82, 2.24) is 0 Å². The zero-order chi connectivity index (χ0) is 26.9. The van der Waals surface area contributed by atoms with Crippen molar-refractivity contribution in [2.75, 3.05) is 0 Å². The molecular formula is C30H24Cl2O4Ti. The summed E-state index contributed by atoms with van der Waals surface area (Å²) in [6.07, 6.45) is 2.48. The Kier molecular flexibility index (Phi) is 13.8. The molecule has 0 bridgehead atoms. The molecule has 4 rings (SSSR count). The predicted molar refractivity (Wildman–Crippen MR) is 147 cm³/mol. The van der Waals surface area contributed by atoms with E-state index in [0.717, 1.165) is 0 Å². The van der Waals surface area contributed by atoms with Crippen LogP contribution in [0.3, 0.4) is 0 Å². The molecule has 0 aliphatic carbocycles. The minimum atomic E-state index is -0.556. The fourth-order valence-electron chi connectivity index (χ4n) is 3.00. The van der Waals surface area contributed by atoms with Crippen LogP contribution in [0.5, 0.6) is 0 Å². The Morgan fingerprint density at radius 1 is 0.486 bits per heavy atom. The molecule has 7 heteroatoms. The molecule has 0 saturated carbocycles. The SMILES string of the molecule is O=C(/C=C(\O)c1ccccc1)c1ccccc1.O=C(/C=C(\O)c1ccccc1)c1ccccc1.[Cl][Ti][Cl]. The molecule has 0 spiro atoms. The fourth-order valence-corrected chi connectivity index (χ4v) is 3.00. The van der Waals surface area contributed by atoms with Crippen molar-refractivity contribution in [2.45, 2.75) is 0 Å². The Morgan fingerprint density at radius 3 is 0.946 bits per heavy atom. The number of hydrogen-bond acceptors (Lipinski definition) is 4. The van der Waals surface area contributed by atoms with Crippen molar-refractivity contribution in [1.29, 1.82) is 0 Å². The summed E-state index contributed by atoms with van der Waals surface area (Å²) in [5.74, 6) is -0.433. The third-order valence-corrected chi connectivity index (χ3v) is 4.79.